The zero-order chi connectivity index (χ0) is 11.3. The van der Waals surface area contributed by atoms with Crippen molar-refractivity contribution in [2.45, 2.75) is 20.0 Å². The van der Waals surface area contributed by atoms with Gasteiger partial charge in [-0.2, -0.15) is 0 Å². The molecule has 0 radical (unpaired) electrons. The molecule has 1 aromatic rings. The Morgan fingerprint density at radius 2 is 2.00 bits per heavy atom. The van der Waals surface area contributed by atoms with Crippen LogP contribution in [0.3, 0.4) is 0 Å². The van der Waals surface area contributed by atoms with Crippen molar-refractivity contribution in [3.63, 3.8) is 0 Å². The topological polar surface area (TPSA) is 9.23 Å². The van der Waals surface area contributed by atoms with Crippen molar-refractivity contribution in [2.75, 3.05) is 0 Å². The first kappa shape index (κ1) is 12.9. The zero-order valence-electron chi connectivity index (χ0n) is 8.48. The third kappa shape index (κ3) is 4.95. The van der Waals surface area contributed by atoms with Crippen LogP contribution in [-0.2, 0) is 13.5 Å². The molecule has 0 spiro atoms. The molecule has 1 rings (SSSR count). The van der Waals surface area contributed by atoms with Crippen molar-refractivity contribution in [3.8, 4) is 5.75 Å². The van der Waals surface area contributed by atoms with E-state index in [-0.39, 0.29) is 6.10 Å². The van der Waals surface area contributed by atoms with E-state index < -0.39 is 13.5 Å². The monoisotopic (exact) mass is 332 g/mol. The van der Waals surface area contributed by atoms with E-state index >= 15 is 0 Å². The SMILES string of the molecule is CC(C)Oc1ccccc1C=[C]=[Ru]([Cl])[Cl]. The molecule has 1 aromatic carbocycles. The molecule has 0 fully saturated rings. The van der Waals surface area contributed by atoms with Crippen molar-refractivity contribution in [1.82, 2.24) is 0 Å². The van der Waals surface area contributed by atoms with Gasteiger partial charge in [-0.05, 0) is 0 Å². The molecular formula is C11H12Cl2ORu. The summed E-state index contributed by atoms with van der Waals surface area (Å²) in [7, 11) is 11.4. The Morgan fingerprint density at radius 1 is 1.33 bits per heavy atom. The molecule has 4 heteroatoms. The molecule has 0 aliphatic heterocycles. The molecule has 0 atom stereocenters. The first-order chi connectivity index (χ1) is 7.09. The van der Waals surface area contributed by atoms with Crippen LogP contribution in [0, 0.1) is 0 Å². The summed E-state index contributed by atoms with van der Waals surface area (Å²) in [5, 5.41) is 0. The Balaban J connectivity index is 3.01. The van der Waals surface area contributed by atoms with Crippen LogP contribution in [0.1, 0.15) is 19.4 Å². The van der Waals surface area contributed by atoms with E-state index in [1.165, 1.54) is 0 Å². The number of ether oxygens (including phenoxy) is 1. The molecule has 0 saturated carbocycles. The molecule has 15 heavy (non-hydrogen) atoms. The van der Waals surface area contributed by atoms with E-state index in [2.05, 4.69) is 4.26 Å². The maximum atomic E-state index is 5.71. The normalized spacial score (nSPS) is 10.9. The molecule has 0 amide bonds. The molecule has 0 heterocycles. The van der Waals surface area contributed by atoms with Gasteiger partial charge in [0.2, 0.25) is 0 Å². The molecule has 1 nitrogen and oxygen atoms in total. The molecule has 0 unspecified atom stereocenters. The van der Waals surface area contributed by atoms with Gasteiger partial charge in [0.15, 0.2) is 0 Å². The van der Waals surface area contributed by atoms with Crippen LogP contribution in [0.2, 0.25) is 0 Å². The van der Waals surface area contributed by atoms with Crippen molar-refractivity contribution in [2.24, 2.45) is 0 Å². The van der Waals surface area contributed by atoms with Gasteiger partial charge in [0.25, 0.3) is 0 Å². The Bertz CT molecular complexity index is 391. The molecule has 0 aliphatic rings. The van der Waals surface area contributed by atoms with E-state index in [1.807, 2.05) is 38.1 Å². The van der Waals surface area contributed by atoms with Gasteiger partial charge in [-0.3, -0.25) is 0 Å². The van der Waals surface area contributed by atoms with Crippen LogP contribution in [-0.4, -0.2) is 10.4 Å². The van der Waals surface area contributed by atoms with Gasteiger partial charge < -0.3 is 0 Å². The average Bonchev–Trinajstić information content (AvgIpc) is 2.15. The van der Waals surface area contributed by atoms with Crippen molar-refractivity contribution in [3.05, 3.63) is 29.8 Å². The summed E-state index contributed by atoms with van der Waals surface area (Å²) in [5.41, 5.74) is 0.964. The van der Waals surface area contributed by atoms with Crippen LogP contribution < -0.4 is 4.74 Å². The van der Waals surface area contributed by atoms with E-state index in [0.29, 0.717) is 0 Å². The van der Waals surface area contributed by atoms with Gasteiger partial charge in [-0.25, -0.2) is 0 Å². The third-order valence-corrected chi connectivity index (χ3v) is 3.11. The Morgan fingerprint density at radius 3 is 2.60 bits per heavy atom. The van der Waals surface area contributed by atoms with Gasteiger partial charge in [0, 0.05) is 0 Å². The van der Waals surface area contributed by atoms with Gasteiger partial charge in [0.1, 0.15) is 0 Å². The molecule has 0 N–H and O–H groups in total. The van der Waals surface area contributed by atoms with Crippen molar-refractivity contribution in [1.29, 1.82) is 0 Å². The molecule has 0 aromatic heterocycles. The van der Waals surface area contributed by atoms with E-state index in [9.17, 15) is 0 Å². The average molecular weight is 332 g/mol. The van der Waals surface area contributed by atoms with Crippen LogP contribution in [0.15, 0.2) is 24.3 Å². The van der Waals surface area contributed by atoms with E-state index in [1.54, 1.807) is 6.08 Å². The minimum atomic E-state index is -1.85. The molecule has 0 bridgehead atoms. The fourth-order valence-corrected chi connectivity index (χ4v) is 1.97. The molecular weight excluding hydrogens is 320 g/mol. The van der Waals surface area contributed by atoms with Gasteiger partial charge in [-0.1, -0.05) is 0 Å². The summed E-state index contributed by atoms with van der Waals surface area (Å²) in [4.78, 5) is 0. The summed E-state index contributed by atoms with van der Waals surface area (Å²) in [6.07, 6.45) is 1.95. The Hall–Kier alpha value is -0.127. The quantitative estimate of drug-likeness (QED) is 0.765. The predicted octanol–water partition coefficient (Wildman–Crippen LogP) is 3.81. The maximum absolute atomic E-state index is 5.71. The summed E-state index contributed by atoms with van der Waals surface area (Å²) in [6, 6.07) is 7.76. The Kier molecular flexibility index (Phi) is 5.57. The van der Waals surface area contributed by atoms with Crippen LogP contribution in [0.25, 0.3) is 6.08 Å². The van der Waals surface area contributed by atoms with E-state index in [0.717, 1.165) is 11.3 Å². The standard InChI is InChI=1S/C11H12O.2ClH.Ru/c1-4-10-7-5-6-8-11(10)12-9(2)3;;;/h4-9H,2-3H3;2*1H;/q;;;+2/p-2. The fourth-order valence-electron chi connectivity index (χ4n) is 1.05. The second-order valence-corrected chi connectivity index (χ2v) is 8.51. The van der Waals surface area contributed by atoms with Gasteiger partial charge >= 0.3 is 104 Å². The minimum absolute atomic E-state index is 0.153. The molecule has 0 aliphatic carbocycles. The summed E-state index contributed by atoms with van der Waals surface area (Å²) >= 11 is -1.85. The second-order valence-electron chi connectivity index (χ2n) is 3.13. The first-order valence-corrected chi connectivity index (χ1v) is 9.79. The van der Waals surface area contributed by atoms with Crippen LogP contribution in [0.5, 0.6) is 5.75 Å². The Labute approximate surface area is 103 Å². The number of hydrogen-bond donors (Lipinski definition) is 0. The first-order valence-electron chi connectivity index (χ1n) is 4.44. The van der Waals surface area contributed by atoms with Crippen LogP contribution in [0.4, 0.5) is 0 Å². The fraction of sp³-hybridized carbons (Fsp3) is 0.273. The van der Waals surface area contributed by atoms with Gasteiger partial charge in [0.05, 0.1) is 0 Å². The summed E-state index contributed by atoms with van der Waals surface area (Å²) in [6.45, 7) is 3.98. The van der Waals surface area contributed by atoms with Crippen molar-refractivity contribution < 1.29 is 18.3 Å². The number of hydrogen-bond acceptors (Lipinski definition) is 1. The number of rotatable bonds is 3. The third-order valence-electron chi connectivity index (χ3n) is 1.57. The summed E-state index contributed by atoms with van der Waals surface area (Å²) < 4.78 is 8.58. The number of halogens is 2. The van der Waals surface area contributed by atoms with Crippen molar-refractivity contribution >= 4 is 29.7 Å². The molecule has 84 valence electrons. The number of para-hydroxylation sites is 1. The zero-order valence-corrected chi connectivity index (χ0v) is 11.7. The molecule has 0 saturated heterocycles. The van der Waals surface area contributed by atoms with Crippen LogP contribution >= 0.6 is 19.4 Å². The predicted molar refractivity (Wildman–Crippen MR) is 63.4 cm³/mol. The number of benzene rings is 1. The second kappa shape index (κ2) is 6.45. The van der Waals surface area contributed by atoms with Gasteiger partial charge in [-0.15, -0.1) is 0 Å². The van der Waals surface area contributed by atoms with E-state index in [4.69, 9.17) is 24.1 Å². The summed E-state index contributed by atoms with van der Waals surface area (Å²) in [5.74, 6) is 0.837.